The third-order valence-electron chi connectivity index (χ3n) is 4.86. The fourth-order valence-electron chi connectivity index (χ4n) is 3.16. The predicted molar refractivity (Wildman–Crippen MR) is 115 cm³/mol. The molecule has 0 bridgehead atoms. The lowest BCUT2D eigenvalue weighted by Gasteiger charge is -2.20. The van der Waals surface area contributed by atoms with Crippen molar-refractivity contribution in [3.63, 3.8) is 0 Å². The Morgan fingerprint density at radius 2 is 1.80 bits per heavy atom. The average molecular weight is 408 g/mol. The number of aromatic nitrogens is 2. The maximum absolute atomic E-state index is 12.5. The number of carbonyl (C=O) groups excluding carboxylic acids is 2. The molecule has 0 saturated heterocycles. The molecule has 0 aliphatic carbocycles. The van der Waals surface area contributed by atoms with E-state index < -0.39 is 18.0 Å². The zero-order chi connectivity index (χ0) is 21.8. The largest absolute Gasteiger partial charge is 0.467 e. The van der Waals surface area contributed by atoms with Crippen LogP contribution in [0.4, 0.5) is 10.5 Å². The first kappa shape index (κ1) is 21.0. The number of anilines is 1. The van der Waals surface area contributed by atoms with Crippen molar-refractivity contribution in [1.82, 2.24) is 15.5 Å². The minimum Gasteiger partial charge on any atom is -0.467 e. The number of fused-ring (bicyclic) bond motifs is 1. The number of H-pyrrole nitrogens is 1. The number of nitrogens with zero attached hydrogens (tertiary/aromatic N) is 1. The third-order valence-corrected chi connectivity index (χ3v) is 4.86. The van der Waals surface area contributed by atoms with E-state index >= 15 is 0 Å². The van der Waals surface area contributed by atoms with Crippen LogP contribution in [0.25, 0.3) is 22.0 Å². The highest BCUT2D eigenvalue weighted by molar-refractivity contribution is 5.96. The summed E-state index contributed by atoms with van der Waals surface area (Å²) in [6.45, 7) is 5.50. The summed E-state index contributed by atoms with van der Waals surface area (Å²) in [5.41, 5.74) is 2.47. The molecule has 0 aliphatic rings. The monoisotopic (exact) mass is 408 g/mol. The van der Waals surface area contributed by atoms with Gasteiger partial charge in [-0.05, 0) is 30.5 Å². The van der Waals surface area contributed by atoms with E-state index in [2.05, 4.69) is 20.8 Å². The number of nitrogens with one attached hydrogen (secondary N) is 3. The second-order valence-electron chi connectivity index (χ2n) is 7.32. The molecule has 156 valence electrons. The van der Waals surface area contributed by atoms with Gasteiger partial charge < -0.3 is 15.4 Å². The molecule has 8 heteroatoms. The first-order chi connectivity index (χ1) is 14.3. The average Bonchev–Trinajstić information content (AvgIpc) is 2.73. The van der Waals surface area contributed by atoms with Crippen molar-refractivity contribution in [2.75, 3.05) is 12.4 Å². The third kappa shape index (κ3) is 4.32. The minimum atomic E-state index is -0.761. The highest BCUT2D eigenvalue weighted by Crippen LogP contribution is 2.28. The van der Waals surface area contributed by atoms with Crippen LogP contribution in [0.1, 0.15) is 19.4 Å². The summed E-state index contributed by atoms with van der Waals surface area (Å²) in [6, 6.07) is 11.4. The van der Waals surface area contributed by atoms with Gasteiger partial charge in [-0.15, -0.1) is 0 Å². The summed E-state index contributed by atoms with van der Waals surface area (Å²) in [4.78, 5) is 36.5. The van der Waals surface area contributed by atoms with Crippen LogP contribution in [0.2, 0.25) is 0 Å². The molecular formula is C22H24N4O4. The molecule has 3 rings (SSSR count). The molecule has 3 N–H and O–H groups in total. The minimum absolute atomic E-state index is 0.132. The Kier molecular flexibility index (Phi) is 6.15. The number of hydrogen-bond donors (Lipinski definition) is 3. The molecule has 1 aromatic heterocycles. The number of urea groups is 1. The molecule has 0 radical (unpaired) electrons. The van der Waals surface area contributed by atoms with Gasteiger partial charge in [0.15, 0.2) is 0 Å². The number of benzene rings is 2. The van der Waals surface area contributed by atoms with E-state index in [1.165, 1.54) is 7.11 Å². The molecule has 3 aromatic rings. The number of rotatable bonds is 5. The lowest BCUT2D eigenvalue weighted by atomic mass is 10.0. The highest BCUT2D eigenvalue weighted by atomic mass is 16.5. The second kappa shape index (κ2) is 8.77. The van der Waals surface area contributed by atoms with Gasteiger partial charge in [-0.3, -0.25) is 4.79 Å². The van der Waals surface area contributed by atoms with Crippen LogP contribution >= 0.6 is 0 Å². The van der Waals surface area contributed by atoms with Gasteiger partial charge in [-0.25, -0.2) is 14.7 Å². The predicted octanol–water partition coefficient (Wildman–Crippen LogP) is 3.22. The van der Waals surface area contributed by atoms with Crippen LogP contribution in [0, 0.1) is 12.8 Å². The molecule has 0 fully saturated rings. The van der Waals surface area contributed by atoms with Crippen LogP contribution in [-0.4, -0.2) is 35.3 Å². The Balaban J connectivity index is 1.92. The summed E-state index contributed by atoms with van der Waals surface area (Å²) in [5, 5.41) is 13.4. The van der Waals surface area contributed by atoms with Gasteiger partial charge in [0.1, 0.15) is 6.04 Å². The standard InChI is InChI=1S/C22H24N4O4/c1-12(2)18(21(28)30-4)24-22(29)23-17-11-14(10-9-13(17)3)19-15-7-5-6-8-16(15)20(27)26-25-19/h5-12,18H,1-4H3,(H,26,27)(H2,23,24,29). The number of amides is 2. The number of carbonyl (C=O) groups is 2. The lowest BCUT2D eigenvalue weighted by Crippen LogP contribution is -2.46. The van der Waals surface area contributed by atoms with Crippen LogP contribution in [0.3, 0.4) is 0 Å². The molecule has 30 heavy (non-hydrogen) atoms. The van der Waals surface area contributed by atoms with Gasteiger partial charge in [0.25, 0.3) is 5.56 Å². The fraction of sp³-hybridized carbons (Fsp3) is 0.273. The van der Waals surface area contributed by atoms with Gasteiger partial charge in [-0.1, -0.05) is 44.2 Å². The van der Waals surface area contributed by atoms with Gasteiger partial charge in [0, 0.05) is 16.6 Å². The summed E-state index contributed by atoms with van der Waals surface area (Å²) in [5.74, 6) is -0.637. The maximum Gasteiger partial charge on any atom is 0.328 e. The number of esters is 1. The molecule has 2 aromatic carbocycles. The molecule has 0 spiro atoms. The number of ether oxygens (including phenoxy) is 1. The van der Waals surface area contributed by atoms with Gasteiger partial charge in [0.2, 0.25) is 0 Å². The Morgan fingerprint density at radius 1 is 1.10 bits per heavy atom. The maximum atomic E-state index is 12.5. The van der Waals surface area contributed by atoms with Crippen LogP contribution in [-0.2, 0) is 9.53 Å². The molecule has 1 unspecified atom stereocenters. The number of methoxy groups -OCH3 is 1. The molecule has 1 atom stereocenters. The van der Waals surface area contributed by atoms with Crippen molar-refractivity contribution in [1.29, 1.82) is 0 Å². The Bertz CT molecular complexity index is 1150. The van der Waals surface area contributed by atoms with E-state index in [4.69, 9.17) is 4.74 Å². The Labute approximate surface area is 173 Å². The summed E-state index contributed by atoms with van der Waals surface area (Å²) in [6.07, 6.45) is 0. The first-order valence-electron chi connectivity index (χ1n) is 9.55. The smallest absolute Gasteiger partial charge is 0.328 e. The quantitative estimate of drug-likeness (QED) is 0.561. The van der Waals surface area contributed by atoms with Gasteiger partial charge >= 0.3 is 12.0 Å². The zero-order valence-electron chi connectivity index (χ0n) is 17.3. The Hall–Kier alpha value is -3.68. The van der Waals surface area contributed by atoms with E-state index in [0.717, 1.165) is 11.1 Å². The summed E-state index contributed by atoms with van der Waals surface area (Å²) in [7, 11) is 1.28. The van der Waals surface area contributed by atoms with E-state index in [1.54, 1.807) is 18.2 Å². The van der Waals surface area contributed by atoms with Crippen LogP contribution in [0.5, 0.6) is 0 Å². The second-order valence-corrected chi connectivity index (χ2v) is 7.32. The van der Waals surface area contributed by atoms with Crippen molar-refractivity contribution in [2.45, 2.75) is 26.8 Å². The topological polar surface area (TPSA) is 113 Å². The van der Waals surface area contributed by atoms with E-state index in [0.29, 0.717) is 22.2 Å². The molecule has 0 saturated carbocycles. The van der Waals surface area contributed by atoms with Crippen LogP contribution < -0.4 is 16.2 Å². The first-order valence-corrected chi connectivity index (χ1v) is 9.55. The van der Waals surface area contributed by atoms with Gasteiger partial charge in [0.05, 0.1) is 18.2 Å². The van der Waals surface area contributed by atoms with Crippen molar-refractivity contribution < 1.29 is 14.3 Å². The van der Waals surface area contributed by atoms with Crippen molar-refractivity contribution >= 4 is 28.5 Å². The molecule has 8 nitrogen and oxygen atoms in total. The number of hydrogen-bond acceptors (Lipinski definition) is 5. The van der Waals surface area contributed by atoms with Crippen LogP contribution in [0.15, 0.2) is 47.3 Å². The summed E-state index contributed by atoms with van der Waals surface area (Å²) < 4.78 is 4.76. The Morgan fingerprint density at radius 3 is 2.47 bits per heavy atom. The number of aryl methyl sites for hydroxylation is 1. The molecular weight excluding hydrogens is 384 g/mol. The lowest BCUT2D eigenvalue weighted by molar-refractivity contribution is -0.143. The SMILES string of the molecule is COC(=O)C(NC(=O)Nc1cc(-c2n[nH]c(=O)c3ccccc23)ccc1C)C(C)C. The van der Waals surface area contributed by atoms with E-state index in [1.807, 2.05) is 45.0 Å². The van der Waals surface area contributed by atoms with Crippen molar-refractivity contribution in [3.8, 4) is 11.3 Å². The van der Waals surface area contributed by atoms with Crippen molar-refractivity contribution in [2.24, 2.45) is 5.92 Å². The zero-order valence-corrected chi connectivity index (χ0v) is 17.3. The fourth-order valence-corrected chi connectivity index (χ4v) is 3.16. The van der Waals surface area contributed by atoms with E-state index in [9.17, 15) is 14.4 Å². The highest BCUT2D eigenvalue weighted by Gasteiger charge is 2.25. The molecule has 0 aliphatic heterocycles. The number of aromatic amines is 1. The molecule has 2 amide bonds. The van der Waals surface area contributed by atoms with E-state index in [-0.39, 0.29) is 11.5 Å². The van der Waals surface area contributed by atoms with Crippen molar-refractivity contribution in [3.05, 3.63) is 58.4 Å². The summed E-state index contributed by atoms with van der Waals surface area (Å²) >= 11 is 0. The normalized spacial score (nSPS) is 11.9. The van der Waals surface area contributed by atoms with Gasteiger partial charge in [-0.2, -0.15) is 5.10 Å². The molecule has 1 heterocycles.